The molecule has 2 aromatic rings. The Balaban J connectivity index is 2.15. The van der Waals surface area contributed by atoms with Crippen molar-refractivity contribution >= 4 is 24.5 Å². The fourth-order valence-corrected chi connectivity index (χ4v) is 3.26. The van der Waals surface area contributed by atoms with E-state index in [0.717, 1.165) is 0 Å². The molecule has 1 heteroatoms. The molecule has 2 rings (SSSR count). The van der Waals surface area contributed by atoms with Crippen LogP contribution in [0.5, 0.6) is 0 Å². The van der Waals surface area contributed by atoms with Crippen LogP contribution in [0.3, 0.4) is 0 Å². The van der Waals surface area contributed by atoms with Crippen molar-refractivity contribution in [2.75, 3.05) is 0 Å². The van der Waals surface area contributed by atoms with Crippen LogP contribution in [0.2, 0.25) is 0 Å². The molecule has 2 aromatic carbocycles. The van der Waals surface area contributed by atoms with Gasteiger partial charge < -0.3 is 0 Å². The molecular weight excluding hydrogens is 243 g/mol. The van der Waals surface area contributed by atoms with E-state index in [9.17, 15) is 0 Å². The predicted octanol–water partition coefficient (Wildman–Crippen LogP) is 1.96. The van der Waals surface area contributed by atoms with E-state index in [0.29, 0.717) is 0 Å². The molecule has 0 N–H and O–H groups in total. The summed E-state index contributed by atoms with van der Waals surface area (Å²) in [5.74, 6) is 0. The standard InChI is InChI=1S/C14H14As/c1-11-3-7-13(8-4-11)15-14-9-5-12(2)6-10-14/h3-10H,1-2H3. The van der Waals surface area contributed by atoms with E-state index < -0.39 is 0 Å². The Morgan fingerprint density at radius 1 is 0.600 bits per heavy atom. The molecule has 0 aliphatic carbocycles. The molecule has 0 amide bonds. The average Bonchev–Trinajstić information content (AvgIpc) is 2.25. The van der Waals surface area contributed by atoms with Crippen molar-refractivity contribution in [3.8, 4) is 0 Å². The van der Waals surface area contributed by atoms with Gasteiger partial charge in [-0.15, -0.1) is 0 Å². The van der Waals surface area contributed by atoms with Gasteiger partial charge in [-0.05, 0) is 0 Å². The third-order valence-corrected chi connectivity index (χ3v) is 4.66. The molecule has 0 atom stereocenters. The first kappa shape index (κ1) is 10.5. The van der Waals surface area contributed by atoms with Crippen LogP contribution in [-0.4, -0.2) is 15.8 Å². The zero-order chi connectivity index (χ0) is 10.7. The molecule has 0 saturated heterocycles. The molecule has 75 valence electrons. The van der Waals surface area contributed by atoms with Crippen LogP contribution in [0.25, 0.3) is 0 Å². The molecule has 0 saturated carbocycles. The summed E-state index contributed by atoms with van der Waals surface area (Å²) in [7, 11) is 0. The molecule has 0 aliphatic rings. The van der Waals surface area contributed by atoms with Gasteiger partial charge >= 0.3 is 98.0 Å². The van der Waals surface area contributed by atoms with Crippen LogP contribution >= 0.6 is 0 Å². The second-order valence-electron chi connectivity index (χ2n) is 3.78. The Kier molecular flexibility index (Phi) is 3.28. The van der Waals surface area contributed by atoms with E-state index in [4.69, 9.17) is 0 Å². The zero-order valence-electron chi connectivity index (χ0n) is 9.07. The molecule has 0 aromatic heterocycles. The van der Waals surface area contributed by atoms with Crippen molar-refractivity contribution in [3.05, 3.63) is 59.7 Å². The number of rotatable bonds is 2. The predicted molar refractivity (Wildman–Crippen MR) is 67.4 cm³/mol. The van der Waals surface area contributed by atoms with Gasteiger partial charge in [0.25, 0.3) is 0 Å². The number of hydrogen-bond donors (Lipinski definition) is 0. The maximum atomic E-state index is 2.25. The first-order valence-electron chi connectivity index (χ1n) is 5.09. The van der Waals surface area contributed by atoms with Gasteiger partial charge in [0, 0.05) is 0 Å². The van der Waals surface area contributed by atoms with Crippen LogP contribution in [0, 0.1) is 13.8 Å². The van der Waals surface area contributed by atoms with Crippen molar-refractivity contribution in [1.82, 2.24) is 0 Å². The summed E-state index contributed by atoms with van der Waals surface area (Å²) in [6.45, 7) is 4.26. The van der Waals surface area contributed by atoms with Crippen LogP contribution in [0.1, 0.15) is 11.1 Å². The molecule has 0 aliphatic heterocycles. The van der Waals surface area contributed by atoms with Gasteiger partial charge in [-0.1, -0.05) is 0 Å². The normalized spacial score (nSPS) is 10.3. The molecule has 0 nitrogen and oxygen atoms in total. The van der Waals surface area contributed by atoms with Gasteiger partial charge in [-0.25, -0.2) is 0 Å². The van der Waals surface area contributed by atoms with Crippen molar-refractivity contribution in [1.29, 1.82) is 0 Å². The summed E-state index contributed by atoms with van der Waals surface area (Å²) >= 11 is 0.155. The van der Waals surface area contributed by atoms with Crippen LogP contribution in [0.4, 0.5) is 0 Å². The average molecular weight is 257 g/mol. The molecule has 0 fully saturated rings. The van der Waals surface area contributed by atoms with Crippen molar-refractivity contribution < 1.29 is 0 Å². The monoisotopic (exact) mass is 257 g/mol. The van der Waals surface area contributed by atoms with Gasteiger partial charge in [0.2, 0.25) is 0 Å². The van der Waals surface area contributed by atoms with Crippen LogP contribution < -0.4 is 8.70 Å². The van der Waals surface area contributed by atoms with Gasteiger partial charge in [0.05, 0.1) is 0 Å². The molecular formula is C14H14As. The third kappa shape index (κ3) is 2.97. The number of benzene rings is 2. The first-order valence-corrected chi connectivity index (χ1v) is 6.97. The molecule has 0 heterocycles. The summed E-state index contributed by atoms with van der Waals surface area (Å²) < 4.78 is 2.95. The van der Waals surface area contributed by atoms with Gasteiger partial charge in [-0.3, -0.25) is 0 Å². The van der Waals surface area contributed by atoms with E-state index in [1.54, 1.807) is 0 Å². The Morgan fingerprint density at radius 3 is 1.27 bits per heavy atom. The SMILES string of the molecule is Cc1ccc([As]c2ccc(C)cc2)cc1. The van der Waals surface area contributed by atoms with E-state index >= 15 is 0 Å². The maximum absolute atomic E-state index is 2.25. The fraction of sp³-hybridized carbons (Fsp3) is 0.143. The summed E-state index contributed by atoms with van der Waals surface area (Å²) in [5.41, 5.74) is 2.67. The second-order valence-corrected chi connectivity index (χ2v) is 6.42. The quantitative estimate of drug-likeness (QED) is 0.721. The molecule has 0 bridgehead atoms. The Bertz CT molecular complexity index is 382. The van der Waals surface area contributed by atoms with E-state index in [-0.39, 0.29) is 15.8 Å². The molecule has 1 radical (unpaired) electrons. The zero-order valence-corrected chi connectivity index (χ0v) is 10.9. The Labute approximate surface area is 98.0 Å². The molecule has 15 heavy (non-hydrogen) atoms. The number of hydrogen-bond acceptors (Lipinski definition) is 0. The Morgan fingerprint density at radius 2 is 0.933 bits per heavy atom. The van der Waals surface area contributed by atoms with Gasteiger partial charge in [0.15, 0.2) is 0 Å². The van der Waals surface area contributed by atoms with Crippen LogP contribution in [-0.2, 0) is 0 Å². The van der Waals surface area contributed by atoms with Crippen molar-refractivity contribution in [2.24, 2.45) is 0 Å². The van der Waals surface area contributed by atoms with Gasteiger partial charge in [-0.2, -0.15) is 0 Å². The summed E-state index contributed by atoms with van der Waals surface area (Å²) in [4.78, 5) is 0. The Hall–Kier alpha value is -1.00. The van der Waals surface area contributed by atoms with Gasteiger partial charge in [0.1, 0.15) is 0 Å². The minimum atomic E-state index is 0.155. The van der Waals surface area contributed by atoms with E-state index in [2.05, 4.69) is 62.4 Å². The van der Waals surface area contributed by atoms with E-state index in [1.807, 2.05) is 0 Å². The second kappa shape index (κ2) is 4.68. The third-order valence-electron chi connectivity index (χ3n) is 2.33. The van der Waals surface area contributed by atoms with Crippen molar-refractivity contribution in [3.63, 3.8) is 0 Å². The summed E-state index contributed by atoms with van der Waals surface area (Å²) in [6, 6.07) is 17.8. The summed E-state index contributed by atoms with van der Waals surface area (Å²) in [6.07, 6.45) is 0. The van der Waals surface area contributed by atoms with Crippen molar-refractivity contribution in [2.45, 2.75) is 13.8 Å². The van der Waals surface area contributed by atoms with E-state index in [1.165, 1.54) is 19.8 Å². The molecule has 0 spiro atoms. The molecule has 0 unspecified atom stereocenters. The first-order chi connectivity index (χ1) is 7.24. The fourth-order valence-electron chi connectivity index (χ4n) is 1.39. The van der Waals surface area contributed by atoms with Crippen LogP contribution in [0.15, 0.2) is 48.5 Å². The minimum absolute atomic E-state index is 0.155. The number of aryl methyl sites for hydroxylation is 2. The summed E-state index contributed by atoms with van der Waals surface area (Å²) in [5, 5.41) is 0. The topological polar surface area (TPSA) is 0 Å².